The lowest BCUT2D eigenvalue weighted by atomic mass is 10.0. The Morgan fingerprint density at radius 1 is 1.33 bits per heavy atom. The number of ether oxygens (including phenoxy) is 1. The maximum absolute atomic E-state index is 11.9. The van der Waals surface area contributed by atoms with Crippen LogP contribution in [0.2, 0.25) is 0 Å². The Balaban J connectivity index is 3.26. The third-order valence-electron chi connectivity index (χ3n) is 3.36. The first kappa shape index (κ1) is 16.9. The lowest BCUT2D eigenvalue weighted by Crippen LogP contribution is -2.21. The fraction of sp³-hybridized carbons (Fsp3) is 0.571. The zero-order valence-corrected chi connectivity index (χ0v) is 12.5. The zero-order valence-electron chi connectivity index (χ0n) is 12.5. The van der Waals surface area contributed by atoms with E-state index in [1.165, 1.54) is 14.0 Å². The molecule has 0 atom stereocenters. The maximum Gasteiger partial charge on any atom is 0.340 e. The van der Waals surface area contributed by atoms with Crippen LogP contribution in [0.25, 0.3) is 0 Å². The molecule has 1 rings (SSSR count). The van der Waals surface area contributed by atoms with Crippen LogP contribution >= 0.6 is 0 Å². The van der Waals surface area contributed by atoms with Gasteiger partial charge >= 0.3 is 17.2 Å². The number of nitrogens with zero attached hydrogens (tertiary/aromatic N) is 1. The van der Waals surface area contributed by atoms with E-state index in [9.17, 15) is 19.7 Å². The average Bonchev–Trinajstić information content (AvgIpc) is 2.42. The molecule has 7 nitrogen and oxygen atoms in total. The van der Waals surface area contributed by atoms with Crippen LogP contribution in [-0.4, -0.2) is 23.0 Å². The first-order chi connectivity index (χ1) is 9.93. The van der Waals surface area contributed by atoms with Gasteiger partial charge in [-0.1, -0.05) is 26.2 Å². The Hall–Kier alpha value is -2.18. The molecule has 0 saturated carbocycles. The number of carbonyl (C=O) groups excluding carboxylic acids is 1. The molecule has 0 fully saturated rings. The number of aromatic nitrogens is 1. The smallest absolute Gasteiger partial charge is 0.340 e. The number of nitro groups is 1. The van der Waals surface area contributed by atoms with Gasteiger partial charge in [0, 0.05) is 11.3 Å². The van der Waals surface area contributed by atoms with Crippen LogP contribution in [0, 0.1) is 17.0 Å². The van der Waals surface area contributed by atoms with E-state index in [1.807, 2.05) is 0 Å². The Morgan fingerprint density at radius 2 is 2.00 bits per heavy atom. The standard InChI is InChI=1S/C14H20N2O5/c1-4-5-6-7-8-10-11(14(18)21-3)9(2)12(16(19)20)13(17)15-10/h4-8H2,1-3H3,(H,15,17). The molecule has 1 aromatic rings. The number of pyridine rings is 1. The van der Waals surface area contributed by atoms with Crippen molar-refractivity contribution in [1.29, 1.82) is 0 Å². The number of nitrogens with one attached hydrogen (secondary N) is 1. The first-order valence-electron chi connectivity index (χ1n) is 6.92. The Bertz CT molecular complexity index is 592. The molecule has 0 spiro atoms. The molecule has 0 saturated heterocycles. The van der Waals surface area contributed by atoms with Gasteiger partial charge in [0.05, 0.1) is 17.6 Å². The van der Waals surface area contributed by atoms with Crippen LogP contribution in [0.15, 0.2) is 4.79 Å². The first-order valence-corrected chi connectivity index (χ1v) is 6.92. The summed E-state index contributed by atoms with van der Waals surface area (Å²) in [6.45, 7) is 3.48. The highest BCUT2D eigenvalue weighted by Crippen LogP contribution is 2.21. The Labute approximate surface area is 122 Å². The Kier molecular flexibility index (Phi) is 6.08. The van der Waals surface area contributed by atoms with Crippen molar-refractivity contribution in [3.63, 3.8) is 0 Å². The van der Waals surface area contributed by atoms with Gasteiger partial charge in [0.25, 0.3) is 0 Å². The number of rotatable bonds is 7. The lowest BCUT2D eigenvalue weighted by Gasteiger charge is -2.10. The number of hydrogen-bond donors (Lipinski definition) is 1. The minimum atomic E-state index is -0.782. The molecule has 1 N–H and O–H groups in total. The van der Waals surface area contributed by atoms with Crippen molar-refractivity contribution < 1.29 is 14.5 Å². The van der Waals surface area contributed by atoms with Crippen molar-refractivity contribution >= 4 is 11.7 Å². The second-order valence-corrected chi connectivity index (χ2v) is 4.84. The molecule has 0 aromatic carbocycles. The molecule has 21 heavy (non-hydrogen) atoms. The number of methoxy groups -OCH3 is 1. The number of H-pyrrole nitrogens is 1. The topological polar surface area (TPSA) is 102 Å². The molecule has 7 heteroatoms. The fourth-order valence-corrected chi connectivity index (χ4v) is 2.29. The van der Waals surface area contributed by atoms with Gasteiger partial charge < -0.3 is 9.72 Å². The summed E-state index contributed by atoms with van der Waals surface area (Å²) in [5.74, 6) is -0.669. The maximum atomic E-state index is 11.9. The highest BCUT2D eigenvalue weighted by molar-refractivity contribution is 5.93. The quantitative estimate of drug-likeness (QED) is 0.360. The largest absolute Gasteiger partial charge is 0.465 e. The summed E-state index contributed by atoms with van der Waals surface area (Å²) in [6.07, 6.45) is 4.38. The molecule has 0 radical (unpaired) electrons. The third-order valence-corrected chi connectivity index (χ3v) is 3.36. The molecule has 1 aromatic heterocycles. The second kappa shape index (κ2) is 7.56. The predicted octanol–water partition coefficient (Wildman–Crippen LogP) is 2.50. The van der Waals surface area contributed by atoms with Gasteiger partial charge in [-0.3, -0.25) is 14.9 Å². The third kappa shape index (κ3) is 3.90. The van der Waals surface area contributed by atoms with Gasteiger partial charge in [-0.15, -0.1) is 0 Å². The van der Waals surface area contributed by atoms with E-state index in [2.05, 4.69) is 16.6 Å². The number of carbonyl (C=O) groups is 1. The minimum absolute atomic E-state index is 0.0566. The Morgan fingerprint density at radius 3 is 2.52 bits per heavy atom. The summed E-state index contributed by atoms with van der Waals surface area (Å²) >= 11 is 0. The summed E-state index contributed by atoms with van der Waals surface area (Å²) < 4.78 is 4.68. The monoisotopic (exact) mass is 296 g/mol. The summed E-state index contributed by atoms with van der Waals surface area (Å²) in [6, 6.07) is 0. The van der Waals surface area contributed by atoms with Crippen LogP contribution in [-0.2, 0) is 11.2 Å². The molecule has 1 heterocycles. The van der Waals surface area contributed by atoms with E-state index in [4.69, 9.17) is 0 Å². The number of unbranched alkanes of at least 4 members (excludes halogenated alkanes) is 3. The van der Waals surface area contributed by atoms with Crippen LogP contribution in [0.5, 0.6) is 0 Å². The van der Waals surface area contributed by atoms with Crippen LogP contribution in [0.1, 0.15) is 54.2 Å². The molecular formula is C14H20N2O5. The molecule has 116 valence electrons. The fourth-order valence-electron chi connectivity index (χ4n) is 2.29. The number of aromatic amines is 1. The molecule has 0 aliphatic carbocycles. The van der Waals surface area contributed by atoms with Crippen LogP contribution < -0.4 is 5.56 Å². The van der Waals surface area contributed by atoms with E-state index in [0.29, 0.717) is 12.1 Å². The van der Waals surface area contributed by atoms with Crippen LogP contribution in [0.4, 0.5) is 5.69 Å². The van der Waals surface area contributed by atoms with Crippen molar-refractivity contribution in [1.82, 2.24) is 4.98 Å². The van der Waals surface area contributed by atoms with E-state index >= 15 is 0 Å². The normalized spacial score (nSPS) is 10.4. The highest BCUT2D eigenvalue weighted by atomic mass is 16.6. The van der Waals surface area contributed by atoms with Gasteiger partial charge in [-0.2, -0.15) is 0 Å². The molecule has 0 aliphatic heterocycles. The molecule has 0 bridgehead atoms. The molecule has 0 amide bonds. The van der Waals surface area contributed by atoms with Crippen molar-refractivity contribution in [2.45, 2.75) is 46.0 Å². The lowest BCUT2D eigenvalue weighted by molar-refractivity contribution is -0.386. The van der Waals surface area contributed by atoms with E-state index in [0.717, 1.165) is 25.7 Å². The number of hydrogen-bond acceptors (Lipinski definition) is 5. The zero-order chi connectivity index (χ0) is 16.0. The van der Waals surface area contributed by atoms with E-state index in [-0.39, 0.29) is 11.1 Å². The molecular weight excluding hydrogens is 276 g/mol. The van der Waals surface area contributed by atoms with E-state index < -0.39 is 22.1 Å². The van der Waals surface area contributed by atoms with Crippen LogP contribution in [0.3, 0.4) is 0 Å². The van der Waals surface area contributed by atoms with Crippen molar-refractivity contribution in [2.24, 2.45) is 0 Å². The predicted molar refractivity (Wildman–Crippen MR) is 77.6 cm³/mol. The summed E-state index contributed by atoms with van der Waals surface area (Å²) in [5, 5.41) is 10.9. The highest BCUT2D eigenvalue weighted by Gasteiger charge is 2.26. The number of esters is 1. The van der Waals surface area contributed by atoms with Gasteiger partial charge in [-0.25, -0.2) is 4.79 Å². The van der Waals surface area contributed by atoms with Gasteiger partial charge in [0.2, 0.25) is 0 Å². The second-order valence-electron chi connectivity index (χ2n) is 4.84. The van der Waals surface area contributed by atoms with E-state index in [1.54, 1.807) is 0 Å². The molecule has 0 unspecified atom stereocenters. The van der Waals surface area contributed by atoms with Crippen molar-refractivity contribution in [3.8, 4) is 0 Å². The SMILES string of the molecule is CCCCCCc1[nH]c(=O)c([N+](=O)[O-])c(C)c1C(=O)OC. The minimum Gasteiger partial charge on any atom is -0.465 e. The average molecular weight is 296 g/mol. The van der Waals surface area contributed by atoms with Gasteiger partial charge in [0.1, 0.15) is 0 Å². The molecule has 0 aliphatic rings. The number of aryl methyl sites for hydroxylation is 1. The summed E-state index contributed by atoms with van der Waals surface area (Å²) in [5.41, 5.74) is -0.823. The van der Waals surface area contributed by atoms with Crippen molar-refractivity contribution in [3.05, 3.63) is 37.3 Å². The van der Waals surface area contributed by atoms with Gasteiger partial charge in [0.15, 0.2) is 0 Å². The summed E-state index contributed by atoms with van der Waals surface area (Å²) in [7, 11) is 1.21. The van der Waals surface area contributed by atoms with Gasteiger partial charge in [-0.05, 0) is 19.8 Å². The van der Waals surface area contributed by atoms with Crippen molar-refractivity contribution in [2.75, 3.05) is 7.11 Å². The summed E-state index contributed by atoms with van der Waals surface area (Å²) in [4.78, 5) is 36.3.